The fourth-order valence-electron chi connectivity index (χ4n) is 5.92. The van der Waals surface area contributed by atoms with Crippen LogP contribution in [0.5, 0.6) is 0 Å². The summed E-state index contributed by atoms with van der Waals surface area (Å²) in [5, 5.41) is 28.7. The van der Waals surface area contributed by atoms with Crippen molar-refractivity contribution in [2.45, 2.75) is 33.9 Å². The van der Waals surface area contributed by atoms with Gasteiger partial charge in [0, 0.05) is 35.1 Å². The van der Waals surface area contributed by atoms with Crippen LogP contribution in [0.2, 0.25) is 0 Å². The zero-order chi connectivity index (χ0) is 25.7. The van der Waals surface area contributed by atoms with Crippen molar-refractivity contribution in [1.82, 2.24) is 0 Å². The van der Waals surface area contributed by atoms with Crippen molar-refractivity contribution in [3.8, 4) is 0 Å². The number of nitro groups is 2. The maximum absolute atomic E-state index is 11.6. The summed E-state index contributed by atoms with van der Waals surface area (Å²) < 4.78 is 0. The van der Waals surface area contributed by atoms with Crippen LogP contribution in [-0.2, 0) is 0 Å². The van der Waals surface area contributed by atoms with Crippen molar-refractivity contribution < 1.29 is 9.85 Å². The molecule has 1 N–H and O–H groups in total. The van der Waals surface area contributed by atoms with Crippen LogP contribution < -0.4 is 5.32 Å². The molecule has 0 unspecified atom stereocenters. The lowest BCUT2D eigenvalue weighted by Crippen LogP contribution is -2.31. The van der Waals surface area contributed by atoms with Crippen LogP contribution in [0.15, 0.2) is 89.8 Å². The van der Waals surface area contributed by atoms with Gasteiger partial charge < -0.3 is 5.32 Å². The van der Waals surface area contributed by atoms with E-state index in [1.807, 2.05) is 18.2 Å². The van der Waals surface area contributed by atoms with Gasteiger partial charge in [-0.2, -0.15) is 0 Å². The van der Waals surface area contributed by atoms with Gasteiger partial charge in [-0.15, -0.1) is 23.4 Å². The molecule has 1 fully saturated rings. The van der Waals surface area contributed by atoms with Crippen LogP contribution in [0.25, 0.3) is 10.8 Å². The predicted octanol–water partition coefficient (Wildman–Crippen LogP) is 7.69. The second-order valence-electron chi connectivity index (χ2n) is 9.47. The Hall–Kier alpha value is -3.62. The van der Waals surface area contributed by atoms with Crippen molar-refractivity contribution in [2.24, 2.45) is 5.92 Å². The third kappa shape index (κ3) is 4.10. The quantitative estimate of drug-likeness (QED) is 0.161. The van der Waals surface area contributed by atoms with Gasteiger partial charge in [0.15, 0.2) is 0 Å². The number of hydrogen-bond acceptors (Lipinski definition) is 6. The fraction of sp³-hybridized carbons (Fsp3) is 0.214. The molecule has 37 heavy (non-hydrogen) atoms. The lowest BCUT2D eigenvalue weighted by Gasteiger charge is -2.38. The smallest absolute Gasteiger partial charge is 0.282 e. The minimum absolute atomic E-state index is 0.0292. The number of nitro benzene ring substituents is 2. The predicted molar refractivity (Wildman–Crippen MR) is 147 cm³/mol. The molecule has 1 heterocycles. The van der Waals surface area contributed by atoms with Gasteiger partial charge in [-0.3, -0.25) is 20.2 Å². The first-order valence-electron chi connectivity index (χ1n) is 12.0. The highest BCUT2D eigenvalue weighted by atomic mass is 35.5. The molecule has 1 aliphatic heterocycles. The second kappa shape index (κ2) is 9.36. The van der Waals surface area contributed by atoms with E-state index in [0.717, 1.165) is 27.6 Å². The zero-order valence-electron chi connectivity index (χ0n) is 19.5. The van der Waals surface area contributed by atoms with Gasteiger partial charge in [-0.25, -0.2) is 0 Å². The fourth-order valence-corrected chi connectivity index (χ4v) is 7.86. The van der Waals surface area contributed by atoms with E-state index < -0.39 is 0 Å². The summed E-state index contributed by atoms with van der Waals surface area (Å²) in [6, 6.07) is 26.1. The molecule has 0 radical (unpaired) electrons. The Morgan fingerprint density at radius 2 is 1.62 bits per heavy atom. The first kappa shape index (κ1) is 23.8. The summed E-state index contributed by atoms with van der Waals surface area (Å²) in [5.41, 5.74) is 2.91. The van der Waals surface area contributed by atoms with E-state index in [0.29, 0.717) is 11.3 Å². The first-order valence-corrected chi connectivity index (χ1v) is 13.3. The number of rotatable bonds is 5. The van der Waals surface area contributed by atoms with E-state index in [4.69, 9.17) is 11.6 Å². The molecule has 186 valence electrons. The van der Waals surface area contributed by atoms with Crippen LogP contribution in [0, 0.1) is 26.1 Å². The summed E-state index contributed by atoms with van der Waals surface area (Å²) >= 11 is 8.61. The van der Waals surface area contributed by atoms with E-state index in [2.05, 4.69) is 29.6 Å². The number of alkyl halides is 1. The number of para-hydroxylation sites is 1. The second-order valence-corrected chi connectivity index (χ2v) is 11.3. The number of non-ortho nitro benzene ring substituents is 1. The molecule has 5 atom stereocenters. The van der Waals surface area contributed by atoms with Crippen LogP contribution in [-0.4, -0.2) is 20.5 Å². The molecule has 4 aromatic rings. The van der Waals surface area contributed by atoms with Gasteiger partial charge >= 0.3 is 0 Å². The van der Waals surface area contributed by atoms with Crippen LogP contribution in [0.1, 0.15) is 29.5 Å². The standard InChI is InChI=1S/C28H22ClN3O4S/c29-27-25(37-24-11-4-3-10-23(24)32(35)36)15-21-26(27)20-14-17(31(33)34)12-13-22(20)30-28(21)19-9-5-7-16-6-1-2-8-18(16)19/h1-14,21,25-28,30H,15H2/t21-,25+,26-,27+,28+/m1/s1. The molecule has 0 bridgehead atoms. The van der Waals surface area contributed by atoms with Gasteiger partial charge in [-0.1, -0.05) is 54.6 Å². The molecule has 6 rings (SSSR count). The summed E-state index contributed by atoms with van der Waals surface area (Å²) in [4.78, 5) is 23.0. The number of thioether (sulfide) groups is 1. The topological polar surface area (TPSA) is 98.3 Å². The Labute approximate surface area is 222 Å². The van der Waals surface area contributed by atoms with E-state index in [9.17, 15) is 20.2 Å². The summed E-state index contributed by atoms with van der Waals surface area (Å²) in [6.07, 6.45) is 0.707. The van der Waals surface area contributed by atoms with E-state index in [-0.39, 0.29) is 49.7 Å². The lowest BCUT2D eigenvalue weighted by atomic mass is 9.76. The molecule has 1 aliphatic carbocycles. The van der Waals surface area contributed by atoms with E-state index in [1.165, 1.54) is 23.9 Å². The van der Waals surface area contributed by atoms with Crippen molar-refractivity contribution >= 4 is 51.2 Å². The number of benzene rings is 4. The Morgan fingerprint density at radius 1 is 0.865 bits per heavy atom. The molecule has 9 heteroatoms. The number of hydrogen-bond donors (Lipinski definition) is 1. The highest BCUT2D eigenvalue weighted by Gasteiger charge is 2.51. The molecule has 0 aromatic heterocycles. The van der Waals surface area contributed by atoms with Crippen LogP contribution in [0.4, 0.5) is 17.1 Å². The monoisotopic (exact) mass is 531 g/mol. The molecule has 1 saturated carbocycles. The maximum atomic E-state index is 11.6. The minimum Gasteiger partial charge on any atom is -0.378 e. The number of fused-ring (bicyclic) bond motifs is 4. The van der Waals surface area contributed by atoms with E-state index >= 15 is 0 Å². The van der Waals surface area contributed by atoms with Crippen LogP contribution in [0.3, 0.4) is 0 Å². The molecular weight excluding hydrogens is 510 g/mol. The molecule has 0 saturated heterocycles. The normalized spacial score (nSPS) is 24.2. The number of halogens is 1. The molecule has 0 spiro atoms. The van der Waals surface area contributed by atoms with Crippen molar-refractivity contribution in [1.29, 1.82) is 0 Å². The van der Waals surface area contributed by atoms with Gasteiger partial charge in [0.05, 0.1) is 26.2 Å². The molecule has 2 aliphatic rings. The average molecular weight is 532 g/mol. The largest absolute Gasteiger partial charge is 0.378 e. The number of nitrogens with zero attached hydrogens (tertiary/aromatic N) is 2. The van der Waals surface area contributed by atoms with Crippen molar-refractivity contribution in [3.63, 3.8) is 0 Å². The first-order chi connectivity index (χ1) is 17.9. The van der Waals surface area contributed by atoms with Crippen LogP contribution >= 0.6 is 23.4 Å². The maximum Gasteiger partial charge on any atom is 0.282 e. The zero-order valence-corrected chi connectivity index (χ0v) is 21.1. The highest BCUT2D eigenvalue weighted by Crippen LogP contribution is 2.58. The van der Waals surface area contributed by atoms with Gasteiger partial charge in [0.25, 0.3) is 11.4 Å². The summed E-state index contributed by atoms with van der Waals surface area (Å²) in [5.74, 6) is -0.106. The van der Waals surface area contributed by atoms with Crippen molar-refractivity contribution in [2.75, 3.05) is 5.32 Å². The number of nitrogens with one attached hydrogen (secondary N) is 1. The van der Waals surface area contributed by atoms with E-state index in [1.54, 1.807) is 30.3 Å². The molecule has 4 aromatic carbocycles. The third-order valence-corrected chi connectivity index (χ3v) is 9.62. The summed E-state index contributed by atoms with van der Waals surface area (Å²) in [6.45, 7) is 0. The Bertz CT molecular complexity index is 1540. The Morgan fingerprint density at radius 3 is 2.43 bits per heavy atom. The number of anilines is 1. The van der Waals surface area contributed by atoms with Gasteiger partial charge in [-0.05, 0) is 46.4 Å². The van der Waals surface area contributed by atoms with Gasteiger partial charge in [0.1, 0.15) is 0 Å². The van der Waals surface area contributed by atoms with Gasteiger partial charge in [0.2, 0.25) is 0 Å². The Balaban J connectivity index is 1.46. The minimum atomic E-state index is -0.385. The highest BCUT2D eigenvalue weighted by molar-refractivity contribution is 8.00. The average Bonchev–Trinajstić information content (AvgIpc) is 3.23. The molecule has 0 amide bonds. The molecular formula is C28H22ClN3O4S. The summed E-state index contributed by atoms with van der Waals surface area (Å²) in [7, 11) is 0. The van der Waals surface area contributed by atoms with Crippen molar-refractivity contribution in [3.05, 3.63) is 116 Å². The SMILES string of the molecule is O=[N+]([O-])c1ccc2c(c1)[C@H]1[C@@H](Cl)[C@@H](Sc3ccccc3[N+](=O)[O-])C[C@H]1[C@H](c1cccc3ccccc13)N2. The third-order valence-electron chi connectivity index (χ3n) is 7.51. The molecule has 7 nitrogen and oxygen atoms in total. The lowest BCUT2D eigenvalue weighted by molar-refractivity contribution is -0.387. The Kier molecular flexibility index (Phi) is 6.01.